The average Bonchev–Trinajstić information content (AvgIpc) is 2.75. The average molecular weight is 276 g/mol. The van der Waals surface area contributed by atoms with Gasteiger partial charge < -0.3 is 5.11 Å². The highest BCUT2D eigenvalue weighted by atomic mass is 32.2. The van der Waals surface area contributed by atoms with Crippen molar-refractivity contribution in [2.24, 2.45) is 5.92 Å². The van der Waals surface area contributed by atoms with Gasteiger partial charge in [-0.25, -0.2) is 0 Å². The maximum atomic E-state index is 12.3. The van der Waals surface area contributed by atoms with Crippen LogP contribution in [-0.4, -0.2) is 43.1 Å². The second kappa shape index (κ2) is 5.45. The molecule has 1 heterocycles. The van der Waals surface area contributed by atoms with Gasteiger partial charge in [0.15, 0.2) is 0 Å². The van der Waals surface area contributed by atoms with Gasteiger partial charge in [0.25, 0.3) is 10.2 Å². The molecule has 2 N–H and O–H groups in total. The van der Waals surface area contributed by atoms with Gasteiger partial charge in [0.1, 0.15) is 0 Å². The van der Waals surface area contributed by atoms with Crippen molar-refractivity contribution in [3.63, 3.8) is 0 Å². The van der Waals surface area contributed by atoms with Crippen LogP contribution in [0.2, 0.25) is 0 Å². The minimum Gasteiger partial charge on any atom is -0.396 e. The van der Waals surface area contributed by atoms with E-state index in [1.807, 2.05) is 6.92 Å². The molecule has 0 aromatic rings. The molecule has 1 aliphatic heterocycles. The van der Waals surface area contributed by atoms with E-state index in [9.17, 15) is 8.42 Å². The summed E-state index contributed by atoms with van der Waals surface area (Å²) in [5.74, 6) is 0.263. The molecule has 0 amide bonds. The zero-order valence-electron chi connectivity index (χ0n) is 11.1. The van der Waals surface area contributed by atoms with E-state index in [4.69, 9.17) is 5.11 Å². The summed E-state index contributed by atoms with van der Waals surface area (Å²) in [6.07, 6.45) is 5.58. The highest BCUT2D eigenvalue weighted by molar-refractivity contribution is 7.87. The summed E-state index contributed by atoms with van der Waals surface area (Å²) in [6, 6.07) is 0. The van der Waals surface area contributed by atoms with E-state index < -0.39 is 10.2 Å². The largest absolute Gasteiger partial charge is 0.396 e. The first-order valence-electron chi connectivity index (χ1n) is 6.85. The predicted molar refractivity (Wildman–Crippen MR) is 70.3 cm³/mol. The first-order chi connectivity index (χ1) is 8.45. The SMILES string of the molecule is CC1(NS(=O)(=O)N2CCC(CO)CC2)CCCC1. The molecule has 2 aliphatic rings. The Hall–Kier alpha value is -0.170. The van der Waals surface area contributed by atoms with Crippen LogP contribution in [0.5, 0.6) is 0 Å². The van der Waals surface area contributed by atoms with Gasteiger partial charge in [0.2, 0.25) is 0 Å². The number of rotatable bonds is 4. The van der Waals surface area contributed by atoms with Crippen LogP contribution in [0.15, 0.2) is 0 Å². The van der Waals surface area contributed by atoms with Crippen molar-refractivity contribution < 1.29 is 13.5 Å². The van der Waals surface area contributed by atoms with Crippen LogP contribution < -0.4 is 4.72 Å². The van der Waals surface area contributed by atoms with Crippen LogP contribution in [0, 0.1) is 5.92 Å². The second-order valence-electron chi connectivity index (χ2n) is 5.90. The number of hydrogen-bond donors (Lipinski definition) is 2. The summed E-state index contributed by atoms with van der Waals surface area (Å²) in [6.45, 7) is 3.21. The summed E-state index contributed by atoms with van der Waals surface area (Å²) >= 11 is 0. The molecule has 0 aromatic heterocycles. The summed E-state index contributed by atoms with van der Waals surface area (Å²) in [7, 11) is -3.36. The summed E-state index contributed by atoms with van der Waals surface area (Å²) in [5, 5.41) is 9.07. The maximum Gasteiger partial charge on any atom is 0.279 e. The van der Waals surface area contributed by atoms with Gasteiger partial charge in [0.05, 0.1) is 0 Å². The molecule has 1 saturated heterocycles. The smallest absolute Gasteiger partial charge is 0.279 e. The molecular weight excluding hydrogens is 252 g/mol. The number of hydrogen-bond acceptors (Lipinski definition) is 3. The Balaban J connectivity index is 1.95. The molecule has 0 atom stereocenters. The molecule has 106 valence electrons. The van der Waals surface area contributed by atoms with Gasteiger partial charge >= 0.3 is 0 Å². The molecule has 0 bridgehead atoms. The molecule has 0 spiro atoms. The first-order valence-corrected chi connectivity index (χ1v) is 8.29. The van der Waals surface area contributed by atoms with Crippen molar-refractivity contribution in [1.82, 2.24) is 9.03 Å². The molecule has 6 heteroatoms. The third-order valence-electron chi connectivity index (χ3n) is 4.25. The van der Waals surface area contributed by atoms with E-state index in [1.54, 1.807) is 0 Å². The van der Waals surface area contributed by atoms with Crippen LogP contribution in [0.1, 0.15) is 45.4 Å². The monoisotopic (exact) mass is 276 g/mol. The van der Waals surface area contributed by atoms with Crippen LogP contribution in [-0.2, 0) is 10.2 Å². The molecule has 0 unspecified atom stereocenters. The van der Waals surface area contributed by atoms with Gasteiger partial charge in [0, 0.05) is 25.2 Å². The summed E-state index contributed by atoms with van der Waals surface area (Å²) < 4.78 is 29.0. The molecule has 2 rings (SSSR count). The first kappa shape index (κ1) is 14.2. The Kier molecular flexibility index (Phi) is 4.31. The van der Waals surface area contributed by atoms with E-state index in [2.05, 4.69) is 4.72 Å². The van der Waals surface area contributed by atoms with Crippen molar-refractivity contribution in [2.75, 3.05) is 19.7 Å². The fourth-order valence-corrected chi connectivity index (χ4v) is 4.61. The fourth-order valence-electron chi connectivity index (χ4n) is 2.97. The summed E-state index contributed by atoms with van der Waals surface area (Å²) in [4.78, 5) is 0. The Bertz CT molecular complexity index is 369. The lowest BCUT2D eigenvalue weighted by Crippen LogP contribution is -2.52. The molecular formula is C12H24N2O3S. The van der Waals surface area contributed by atoms with Crippen molar-refractivity contribution in [3.8, 4) is 0 Å². The Labute approximate surface area is 110 Å². The highest BCUT2D eigenvalue weighted by Crippen LogP contribution is 2.30. The van der Waals surface area contributed by atoms with E-state index in [0.29, 0.717) is 13.1 Å². The zero-order chi connectivity index (χ0) is 13.2. The van der Waals surface area contributed by atoms with Crippen molar-refractivity contribution in [1.29, 1.82) is 0 Å². The van der Waals surface area contributed by atoms with E-state index in [0.717, 1.165) is 38.5 Å². The van der Waals surface area contributed by atoms with Crippen molar-refractivity contribution in [2.45, 2.75) is 51.0 Å². The molecule has 18 heavy (non-hydrogen) atoms. The lowest BCUT2D eigenvalue weighted by molar-refractivity contribution is 0.168. The van der Waals surface area contributed by atoms with Crippen LogP contribution in [0.3, 0.4) is 0 Å². The van der Waals surface area contributed by atoms with Crippen LogP contribution in [0.25, 0.3) is 0 Å². The van der Waals surface area contributed by atoms with Gasteiger partial charge in [-0.05, 0) is 38.5 Å². The number of nitrogens with zero attached hydrogens (tertiary/aromatic N) is 1. The van der Waals surface area contributed by atoms with E-state index in [1.165, 1.54) is 4.31 Å². The number of nitrogens with one attached hydrogen (secondary N) is 1. The molecule has 2 fully saturated rings. The molecule has 0 aromatic carbocycles. The quantitative estimate of drug-likeness (QED) is 0.800. The number of aliphatic hydroxyl groups excluding tert-OH is 1. The van der Waals surface area contributed by atoms with Crippen LogP contribution >= 0.6 is 0 Å². The lowest BCUT2D eigenvalue weighted by Gasteiger charge is -2.34. The number of piperidine rings is 1. The van der Waals surface area contributed by atoms with E-state index >= 15 is 0 Å². The lowest BCUT2D eigenvalue weighted by atomic mass is 10.00. The normalized spacial score (nSPS) is 26.6. The third kappa shape index (κ3) is 3.23. The molecule has 1 saturated carbocycles. The molecule has 5 nitrogen and oxygen atoms in total. The zero-order valence-corrected chi connectivity index (χ0v) is 11.9. The van der Waals surface area contributed by atoms with Crippen molar-refractivity contribution in [3.05, 3.63) is 0 Å². The Morgan fingerprint density at radius 3 is 2.33 bits per heavy atom. The summed E-state index contributed by atoms with van der Waals surface area (Å²) in [5.41, 5.74) is -0.257. The van der Waals surface area contributed by atoms with Crippen LogP contribution in [0.4, 0.5) is 0 Å². The third-order valence-corrected chi connectivity index (χ3v) is 6.05. The van der Waals surface area contributed by atoms with Crippen molar-refractivity contribution >= 4 is 10.2 Å². The Morgan fingerprint density at radius 2 is 1.83 bits per heavy atom. The minimum absolute atomic E-state index is 0.166. The van der Waals surface area contributed by atoms with Gasteiger partial charge in [-0.2, -0.15) is 17.4 Å². The second-order valence-corrected chi connectivity index (χ2v) is 7.57. The van der Waals surface area contributed by atoms with Gasteiger partial charge in [-0.3, -0.25) is 0 Å². The highest BCUT2D eigenvalue weighted by Gasteiger charge is 2.36. The van der Waals surface area contributed by atoms with E-state index in [-0.39, 0.29) is 18.1 Å². The van der Waals surface area contributed by atoms with Gasteiger partial charge in [-0.1, -0.05) is 12.8 Å². The Morgan fingerprint density at radius 1 is 1.28 bits per heavy atom. The molecule has 0 radical (unpaired) electrons. The van der Waals surface area contributed by atoms with Gasteiger partial charge in [-0.15, -0.1) is 0 Å². The number of aliphatic hydroxyl groups is 1. The fraction of sp³-hybridized carbons (Fsp3) is 1.00. The predicted octanol–water partition coefficient (Wildman–Crippen LogP) is 0.858. The minimum atomic E-state index is -3.36. The maximum absolute atomic E-state index is 12.3. The standard InChI is InChI=1S/C12H24N2O3S/c1-12(6-2-3-7-12)13-18(16,17)14-8-4-11(10-15)5-9-14/h11,13,15H,2-10H2,1H3. The molecule has 1 aliphatic carbocycles. The topological polar surface area (TPSA) is 69.6 Å².